The summed E-state index contributed by atoms with van der Waals surface area (Å²) in [5, 5.41) is 1.62. The Hall–Kier alpha value is -0.700. The van der Waals surface area contributed by atoms with Crippen molar-refractivity contribution in [3.8, 4) is 0 Å². The minimum atomic E-state index is 0.570. The minimum absolute atomic E-state index is 0.570. The molecule has 0 saturated carbocycles. The van der Waals surface area contributed by atoms with E-state index in [0.717, 1.165) is 16.3 Å². The molecule has 0 aliphatic rings. The van der Waals surface area contributed by atoms with Crippen molar-refractivity contribution in [1.29, 1.82) is 0 Å². The first-order valence-electron chi connectivity index (χ1n) is 3.98. The van der Waals surface area contributed by atoms with Crippen LogP contribution in [0.2, 0.25) is 0 Å². The maximum atomic E-state index is 5.65. The van der Waals surface area contributed by atoms with Gasteiger partial charge in [0.25, 0.3) is 0 Å². The molecule has 0 atom stereocenters. The number of rotatable bonds is 2. The maximum Gasteiger partial charge on any atom is 0.0966 e. The van der Waals surface area contributed by atoms with Crippen molar-refractivity contribution in [2.75, 3.05) is 5.73 Å². The Morgan fingerprint density at radius 2 is 2.17 bits per heavy atom. The van der Waals surface area contributed by atoms with Crippen LogP contribution in [0.4, 0.5) is 5.69 Å². The predicted molar refractivity (Wildman–Crippen MR) is 54.4 cm³/mol. The summed E-state index contributed by atoms with van der Waals surface area (Å²) in [5.74, 6) is 0. The molecule has 66 valence electrons. The van der Waals surface area contributed by atoms with Gasteiger partial charge in [-0.2, -0.15) is 0 Å². The summed E-state index contributed by atoms with van der Waals surface area (Å²) < 4.78 is 0. The molecule has 1 rings (SSSR count). The van der Waals surface area contributed by atoms with Crippen LogP contribution in [0, 0.1) is 6.92 Å². The lowest BCUT2D eigenvalue weighted by molar-refractivity contribution is 1.07. The lowest BCUT2D eigenvalue weighted by Gasteiger charge is -2.05. The zero-order chi connectivity index (χ0) is 9.14. The van der Waals surface area contributed by atoms with Gasteiger partial charge in [0.15, 0.2) is 0 Å². The quantitative estimate of drug-likeness (QED) is 0.714. The summed E-state index contributed by atoms with van der Waals surface area (Å²) in [4.78, 5) is 4.22. The van der Waals surface area contributed by atoms with Gasteiger partial charge >= 0.3 is 0 Å². The van der Waals surface area contributed by atoms with E-state index in [-0.39, 0.29) is 0 Å². The van der Waals surface area contributed by atoms with E-state index in [9.17, 15) is 0 Å². The topological polar surface area (TPSA) is 38.9 Å². The number of nitrogens with two attached hydrogens (primary N) is 1. The van der Waals surface area contributed by atoms with Gasteiger partial charge in [0.05, 0.1) is 16.9 Å². The average molecular weight is 182 g/mol. The Morgan fingerprint density at radius 1 is 1.50 bits per heavy atom. The maximum absolute atomic E-state index is 5.65. The van der Waals surface area contributed by atoms with Crippen molar-refractivity contribution in [2.24, 2.45) is 0 Å². The van der Waals surface area contributed by atoms with E-state index >= 15 is 0 Å². The molecular weight excluding hydrogens is 168 g/mol. The summed E-state index contributed by atoms with van der Waals surface area (Å²) >= 11 is 1.75. The number of aryl methyl sites for hydroxylation is 1. The van der Waals surface area contributed by atoms with Gasteiger partial charge in [-0.15, -0.1) is 11.8 Å². The Kier molecular flexibility index (Phi) is 2.98. The van der Waals surface area contributed by atoms with E-state index in [1.807, 2.05) is 13.0 Å². The van der Waals surface area contributed by atoms with Crippen LogP contribution in [0.1, 0.15) is 19.4 Å². The third kappa shape index (κ3) is 2.41. The van der Waals surface area contributed by atoms with Crippen LogP contribution in [-0.2, 0) is 0 Å². The molecule has 0 fully saturated rings. The highest BCUT2D eigenvalue weighted by Crippen LogP contribution is 2.22. The molecule has 0 bridgehead atoms. The van der Waals surface area contributed by atoms with Crippen LogP contribution in [0.3, 0.4) is 0 Å². The van der Waals surface area contributed by atoms with Crippen molar-refractivity contribution in [1.82, 2.24) is 4.98 Å². The standard InChI is InChI=1S/C9H14N2S/c1-6(2)12-9-4-7(3)8(10)5-11-9/h4-6H,10H2,1-3H3. The van der Waals surface area contributed by atoms with Gasteiger partial charge in [-0.25, -0.2) is 4.98 Å². The minimum Gasteiger partial charge on any atom is -0.397 e. The molecule has 0 saturated heterocycles. The highest BCUT2D eigenvalue weighted by atomic mass is 32.2. The van der Waals surface area contributed by atoms with Gasteiger partial charge in [-0.3, -0.25) is 0 Å². The van der Waals surface area contributed by atoms with Crippen LogP contribution in [0.5, 0.6) is 0 Å². The lowest BCUT2D eigenvalue weighted by Crippen LogP contribution is -1.94. The highest BCUT2D eigenvalue weighted by molar-refractivity contribution is 7.99. The number of pyridine rings is 1. The second-order valence-electron chi connectivity index (χ2n) is 3.05. The van der Waals surface area contributed by atoms with Crippen LogP contribution >= 0.6 is 11.8 Å². The van der Waals surface area contributed by atoms with E-state index in [1.165, 1.54) is 0 Å². The second kappa shape index (κ2) is 3.81. The normalized spacial score (nSPS) is 10.7. The molecule has 0 aliphatic heterocycles. The first-order chi connectivity index (χ1) is 5.59. The van der Waals surface area contributed by atoms with Crippen LogP contribution in [-0.4, -0.2) is 10.2 Å². The summed E-state index contributed by atoms with van der Waals surface area (Å²) in [6.07, 6.45) is 1.72. The van der Waals surface area contributed by atoms with E-state index in [2.05, 4.69) is 18.8 Å². The molecule has 0 amide bonds. The largest absolute Gasteiger partial charge is 0.397 e. The molecule has 0 aromatic carbocycles. The molecule has 0 aliphatic carbocycles. The molecule has 3 heteroatoms. The molecule has 12 heavy (non-hydrogen) atoms. The molecule has 2 N–H and O–H groups in total. The van der Waals surface area contributed by atoms with Crippen molar-refractivity contribution in [3.05, 3.63) is 17.8 Å². The van der Waals surface area contributed by atoms with Gasteiger partial charge in [0.1, 0.15) is 0 Å². The SMILES string of the molecule is Cc1cc(SC(C)C)ncc1N. The van der Waals surface area contributed by atoms with Gasteiger partial charge in [0, 0.05) is 5.25 Å². The predicted octanol–water partition coefficient (Wildman–Crippen LogP) is 2.47. The van der Waals surface area contributed by atoms with Gasteiger partial charge < -0.3 is 5.73 Å². The third-order valence-corrected chi connectivity index (χ3v) is 2.42. The Balaban J connectivity index is 2.82. The van der Waals surface area contributed by atoms with E-state index < -0.39 is 0 Å². The van der Waals surface area contributed by atoms with E-state index in [0.29, 0.717) is 5.25 Å². The van der Waals surface area contributed by atoms with Crippen molar-refractivity contribution >= 4 is 17.4 Å². The molecular formula is C9H14N2S. The Bertz CT molecular complexity index is 271. The van der Waals surface area contributed by atoms with Gasteiger partial charge in [0.2, 0.25) is 0 Å². The first-order valence-corrected chi connectivity index (χ1v) is 4.86. The smallest absolute Gasteiger partial charge is 0.0966 e. The van der Waals surface area contributed by atoms with Crippen molar-refractivity contribution < 1.29 is 0 Å². The Labute approximate surface area is 77.6 Å². The monoisotopic (exact) mass is 182 g/mol. The summed E-state index contributed by atoms with van der Waals surface area (Å²) in [6.45, 7) is 6.30. The number of thioether (sulfide) groups is 1. The number of aromatic nitrogens is 1. The van der Waals surface area contributed by atoms with Crippen molar-refractivity contribution in [2.45, 2.75) is 31.0 Å². The number of anilines is 1. The number of nitrogen functional groups attached to an aromatic ring is 1. The average Bonchev–Trinajstić information content (AvgIpc) is 1.96. The number of nitrogens with zero attached hydrogens (tertiary/aromatic N) is 1. The molecule has 2 nitrogen and oxygen atoms in total. The molecule has 1 heterocycles. The van der Waals surface area contributed by atoms with Crippen LogP contribution < -0.4 is 5.73 Å². The first kappa shape index (κ1) is 9.39. The Morgan fingerprint density at radius 3 is 2.67 bits per heavy atom. The highest BCUT2D eigenvalue weighted by Gasteiger charge is 2.01. The fourth-order valence-corrected chi connectivity index (χ4v) is 1.69. The van der Waals surface area contributed by atoms with Gasteiger partial charge in [-0.1, -0.05) is 13.8 Å². The summed E-state index contributed by atoms with van der Waals surface area (Å²) in [5.41, 5.74) is 7.52. The van der Waals surface area contributed by atoms with Gasteiger partial charge in [-0.05, 0) is 18.6 Å². The zero-order valence-electron chi connectivity index (χ0n) is 7.66. The molecule has 1 aromatic heterocycles. The zero-order valence-corrected chi connectivity index (χ0v) is 8.48. The lowest BCUT2D eigenvalue weighted by atomic mass is 10.3. The second-order valence-corrected chi connectivity index (χ2v) is 4.64. The van der Waals surface area contributed by atoms with Crippen LogP contribution in [0.25, 0.3) is 0 Å². The summed E-state index contributed by atoms with van der Waals surface area (Å²) in [6, 6.07) is 2.03. The third-order valence-electron chi connectivity index (χ3n) is 1.48. The molecule has 0 radical (unpaired) electrons. The molecule has 1 aromatic rings. The molecule has 0 unspecified atom stereocenters. The fourth-order valence-electron chi connectivity index (χ4n) is 0.847. The van der Waals surface area contributed by atoms with Crippen molar-refractivity contribution in [3.63, 3.8) is 0 Å². The fraction of sp³-hybridized carbons (Fsp3) is 0.444. The molecule has 0 spiro atoms. The summed E-state index contributed by atoms with van der Waals surface area (Å²) in [7, 11) is 0. The number of hydrogen-bond acceptors (Lipinski definition) is 3. The number of hydrogen-bond donors (Lipinski definition) is 1. The van der Waals surface area contributed by atoms with E-state index in [1.54, 1.807) is 18.0 Å². The van der Waals surface area contributed by atoms with E-state index in [4.69, 9.17) is 5.73 Å². The van der Waals surface area contributed by atoms with Crippen LogP contribution in [0.15, 0.2) is 17.3 Å².